The van der Waals surface area contributed by atoms with Crippen molar-refractivity contribution in [3.63, 3.8) is 0 Å². The summed E-state index contributed by atoms with van der Waals surface area (Å²) in [5, 5.41) is 12.8. The Morgan fingerprint density at radius 3 is 2.44 bits per heavy atom. The third-order valence-electron chi connectivity index (χ3n) is 2.42. The van der Waals surface area contributed by atoms with Crippen LogP contribution in [0.5, 0.6) is 0 Å². The van der Waals surface area contributed by atoms with Crippen molar-refractivity contribution < 1.29 is 18.3 Å². The smallest absolute Gasteiger partial charge is 0.318 e. The Bertz CT molecular complexity index is 547. The summed E-state index contributed by atoms with van der Waals surface area (Å²) < 4.78 is 27.0. The van der Waals surface area contributed by atoms with Crippen LogP contribution in [0.3, 0.4) is 0 Å². The molecule has 0 atom stereocenters. The van der Waals surface area contributed by atoms with Gasteiger partial charge in [-0.05, 0) is 20.8 Å². The Morgan fingerprint density at radius 1 is 1.56 bits per heavy atom. The number of hydrogen-bond donors (Lipinski definition) is 1. The van der Waals surface area contributed by atoms with E-state index in [1.807, 2.05) is 0 Å². The summed E-state index contributed by atoms with van der Waals surface area (Å²) in [6.45, 7) is 4.28. The second-order valence-corrected chi connectivity index (χ2v) is 6.15. The zero-order valence-corrected chi connectivity index (χ0v) is 11.6. The molecule has 8 heteroatoms. The van der Waals surface area contributed by atoms with E-state index in [9.17, 15) is 13.2 Å². The largest absolute Gasteiger partial charge is 0.480 e. The summed E-state index contributed by atoms with van der Waals surface area (Å²) in [7, 11) is -2.22. The minimum Gasteiger partial charge on any atom is -0.480 e. The van der Waals surface area contributed by atoms with Gasteiger partial charge in [-0.15, -0.1) is 0 Å². The van der Waals surface area contributed by atoms with Crippen molar-refractivity contribution in [1.82, 2.24) is 14.1 Å². The van der Waals surface area contributed by atoms with Crippen LogP contribution >= 0.6 is 0 Å². The van der Waals surface area contributed by atoms with Crippen molar-refractivity contribution in [2.24, 2.45) is 7.05 Å². The minimum atomic E-state index is -3.84. The summed E-state index contributed by atoms with van der Waals surface area (Å²) in [5.74, 6) is -1.19. The second kappa shape index (κ2) is 5.07. The zero-order valence-electron chi connectivity index (χ0n) is 10.8. The number of aryl methyl sites for hydroxylation is 2. The molecule has 0 saturated heterocycles. The first kappa shape index (κ1) is 14.7. The molecule has 7 nitrogen and oxygen atoms in total. The molecule has 18 heavy (non-hydrogen) atoms. The topological polar surface area (TPSA) is 92.5 Å². The van der Waals surface area contributed by atoms with Crippen LogP contribution in [0.1, 0.15) is 19.5 Å². The number of aromatic nitrogens is 2. The van der Waals surface area contributed by atoms with E-state index in [0.29, 0.717) is 5.69 Å². The lowest BCUT2D eigenvalue weighted by Crippen LogP contribution is -2.40. The molecule has 0 aliphatic carbocycles. The van der Waals surface area contributed by atoms with Gasteiger partial charge >= 0.3 is 5.97 Å². The van der Waals surface area contributed by atoms with Crippen LogP contribution in [0.2, 0.25) is 0 Å². The molecule has 1 N–H and O–H groups in total. The molecule has 0 aliphatic heterocycles. The maximum atomic E-state index is 12.4. The Kier molecular flexibility index (Phi) is 4.12. The van der Waals surface area contributed by atoms with Gasteiger partial charge in [-0.25, -0.2) is 8.42 Å². The maximum absolute atomic E-state index is 12.4. The van der Waals surface area contributed by atoms with Gasteiger partial charge in [-0.2, -0.15) is 9.40 Å². The van der Waals surface area contributed by atoms with E-state index in [1.165, 1.54) is 10.9 Å². The summed E-state index contributed by atoms with van der Waals surface area (Å²) in [6.07, 6.45) is 1.38. The first-order valence-corrected chi connectivity index (χ1v) is 6.84. The highest BCUT2D eigenvalue weighted by Crippen LogP contribution is 2.20. The molecule has 0 amide bonds. The molecule has 0 saturated carbocycles. The van der Waals surface area contributed by atoms with E-state index >= 15 is 0 Å². The Labute approximate surface area is 106 Å². The molecule has 0 bridgehead atoms. The summed E-state index contributed by atoms with van der Waals surface area (Å²) in [5.41, 5.74) is 0.355. The van der Waals surface area contributed by atoms with Crippen molar-refractivity contribution in [3.8, 4) is 0 Å². The fourth-order valence-corrected chi connectivity index (χ4v) is 3.42. The van der Waals surface area contributed by atoms with Gasteiger partial charge in [-0.3, -0.25) is 9.48 Å². The first-order valence-electron chi connectivity index (χ1n) is 5.40. The Hall–Kier alpha value is -1.41. The van der Waals surface area contributed by atoms with Crippen molar-refractivity contribution >= 4 is 16.0 Å². The number of sulfonamides is 1. The molecule has 0 radical (unpaired) electrons. The van der Waals surface area contributed by atoms with E-state index < -0.39 is 28.6 Å². The minimum absolute atomic E-state index is 0.0416. The molecule has 102 valence electrons. The van der Waals surface area contributed by atoms with Crippen LogP contribution in [0.4, 0.5) is 0 Å². The van der Waals surface area contributed by atoms with Gasteiger partial charge in [0, 0.05) is 19.3 Å². The highest BCUT2D eigenvalue weighted by molar-refractivity contribution is 7.89. The SMILES string of the molecule is Cc1nn(C)cc1S(=O)(=O)N(CC(=O)O)C(C)C. The van der Waals surface area contributed by atoms with Gasteiger partial charge in [0.05, 0.1) is 5.69 Å². The van der Waals surface area contributed by atoms with Crippen LogP contribution in [0, 0.1) is 6.92 Å². The second-order valence-electron chi connectivity index (χ2n) is 4.29. The van der Waals surface area contributed by atoms with Crippen molar-refractivity contribution in [2.45, 2.75) is 31.7 Å². The number of carboxylic acid groups (broad SMARTS) is 1. The number of nitrogens with zero attached hydrogens (tertiary/aromatic N) is 3. The molecule has 1 aromatic rings. The highest BCUT2D eigenvalue weighted by Gasteiger charge is 2.31. The standard InChI is InChI=1S/C10H17N3O4S/c1-7(2)13(6-10(14)15)18(16,17)9-5-12(4)11-8(9)3/h5,7H,6H2,1-4H3,(H,14,15). The summed E-state index contributed by atoms with van der Waals surface area (Å²) in [6, 6.07) is -0.439. The number of aliphatic carboxylic acids is 1. The van der Waals surface area contributed by atoms with Crippen LogP contribution < -0.4 is 0 Å². The van der Waals surface area contributed by atoms with E-state index in [1.54, 1.807) is 27.8 Å². The van der Waals surface area contributed by atoms with Gasteiger partial charge in [0.2, 0.25) is 10.0 Å². The molecule has 0 aromatic carbocycles. The average Bonchev–Trinajstić information content (AvgIpc) is 2.54. The quantitative estimate of drug-likeness (QED) is 0.829. The van der Waals surface area contributed by atoms with Gasteiger partial charge in [0.1, 0.15) is 11.4 Å². The monoisotopic (exact) mass is 275 g/mol. The van der Waals surface area contributed by atoms with E-state index in [-0.39, 0.29) is 4.90 Å². The van der Waals surface area contributed by atoms with E-state index in [4.69, 9.17) is 5.11 Å². The molecule has 0 spiro atoms. The first-order chi connectivity index (χ1) is 8.16. The molecular weight excluding hydrogens is 258 g/mol. The zero-order chi connectivity index (χ0) is 14.1. The van der Waals surface area contributed by atoms with Gasteiger partial charge in [0.25, 0.3) is 0 Å². The normalized spacial score (nSPS) is 12.3. The molecule has 1 heterocycles. The van der Waals surface area contributed by atoms with Gasteiger partial charge in [-0.1, -0.05) is 0 Å². The van der Waals surface area contributed by atoms with Crippen LogP contribution in [-0.4, -0.2) is 46.2 Å². The number of hydrogen-bond acceptors (Lipinski definition) is 4. The fourth-order valence-electron chi connectivity index (χ4n) is 1.64. The van der Waals surface area contributed by atoms with Crippen LogP contribution in [0.15, 0.2) is 11.1 Å². The summed E-state index contributed by atoms with van der Waals surface area (Å²) >= 11 is 0. The number of rotatable bonds is 5. The molecular formula is C10H17N3O4S. The van der Waals surface area contributed by atoms with Crippen LogP contribution in [-0.2, 0) is 21.9 Å². The van der Waals surface area contributed by atoms with Crippen molar-refractivity contribution in [3.05, 3.63) is 11.9 Å². The fraction of sp³-hybridized carbons (Fsp3) is 0.600. The van der Waals surface area contributed by atoms with Crippen molar-refractivity contribution in [2.75, 3.05) is 6.54 Å². The number of carbonyl (C=O) groups is 1. The Morgan fingerprint density at radius 2 is 2.11 bits per heavy atom. The average molecular weight is 275 g/mol. The molecule has 1 aromatic heterocycles. The van der Waals surface area contributed by atoms with Gasteiger partial charge < -0.3 is 5.11 Å². The number of carboxylic acids is 1. The molecule has 0 fully saturated rings. The Balaban J connectivity index is 3.25. The highest BCUT2D eigenvalue weighted by atomic mass is 32.2. The molecule has 0 unspecified atom stereocenters. The predicted octanol–water partition coefficient (Wildman–Crippen LogP) is 0.212. The predicted molar refractivity (Wildman–Crippen MR) is 64.6 cm³/mol. The lowest BCUT2D eigenvalue weighted by atomic mass is 10.4. The lowest BCUT2D eigenvalue weighted by Gasteiger charge is -2.23. The van der Waals surface area contributed by atoms with E-state index in [0.717, 1.165) is 4.31 Å². The molecule has 1 rings (SSSR count). The molecule has 0 aliphatic rings. The summed E-state index contributed by atoms with van der Waals surface area (Å²) in [4.78, 5) is 10.8. The van der Waals surface area contributed by atoms with Crippen LogP contribution in [0.25, 0.3) is 0 Å². The van der Waals surface area contributed by atoms with Crippen molar-refractivity contribution in [1.29, 1.82) is 0 Å². The lowest BCUT2D eigenvalue weighted by molar-refractivity contribution is -0.137. The van der Waals surface area contributed by atoms with E-state index in [2.05, 4.69) is 5.10 Å². The third-order valence-corrected chi connectivity index (χ3v) is 4.55. The van der Waals surface area contributed by atoms with Gasteiger partial charge in [0.15, 0.2) is 0 Å². The third kappa shape index (κ3) is 2.88. The maximum Gasteiger partial charge on any atom is 0.318 e.